The van der Waals surface area contributed by atoms with Crippen molar-refractivity contribution in [3.05, 3.63) is 46.5 Å². The van der Waals surface area contributed by atoms with Crippen LogP contribution in [0.15, 0.2) is 17.7 Å². The predicted molar refractivity (Wildman–Crippen MR) is 76.7 cm³/mol. The molecule has 2 atom stereocenters. The monoisotopic (exact) mass is 344 g/mol. The van der Waals surface area contributed by atoms with Crippen molar-refractivity contribution in [3.63, 3.8) is 0 Å². The molecule has 0 N–H and O–H groups in total. The molecule has 1 aliphatic carbocycles. The molecule has 0 aliphatic heterocycles. The molecule has 1 saturated carbocycles. The highest BCUT2D eigenvalue weighted by molar-refractivity contribution is 5.79. The van der Waals surface area contributed by atoms with Gasteiger partial charge in [-0.1, -0.05) is 19.9 Å². The van der Waals surface area contributed by atoms with Gasteiger partial charge < -0.3 is 4.74 Å². The molecule has 24 heavy (non-hydrogen) atoms. The molecule has 2 rings (SSSR count). The number of carbonyl (C=O) groups excluding carboxylic acids is 2. The Balaban J connectivity index is 2.12. The molecule has 130 valence electrons. The summed E-state index contributed by atoms with van der Waals surface area (Å²) in [5.41, 5.74) is -1.01. The van der Waals surface area contributed by atoms with Gasteiger partial charge in [0.05, 0.1) is 11.5 Å². The highest BCUT2D eigenvalue weighted by Gasteiger charge is 2.61. The number of allylic oxidation sites excluding steroid dienone is 2. The van der Waals surface area contributed by atoms with Crippen molar-refractivity contribution in [2.45, 2.75) is 27.4 Å². The second-order valence-corrected chi connectivity index (χ2v) is 6.41. The number of rotatable bonds is 5. The predicted octanol–water partition coefficient (Wildman–Crippen LogP) is 3.70. The Morgan fingerprint density at radius 2 is 1.75 bits per heavy atom. The van der Waals surface area contributed by atoms with E-state index in [0.717, 1.165) is 0 Å². The summed E-state index contributed by atoms with van der Waals surface area (Å²) in [6.45, 7) is 4.23. The van der Waals surface area contributed by atoms with E-state index in [0.29, 0.717) is 11.9 Å². The highest BCUT2D eigenvalue weighted by Crippen LogP contribution is 2.59. The Hall–Kier alpha value is -2.18. The normalized spacial score (nSPS) is 22.2. The molecule has 3 nitrogen and oxygen atoms in total. The molecule has 0 amide bonds. The Morgan fingerprint density at radius 1 is 1.21 bits per heavy atom. The summed E-state index contributed by atoms with van der Waals surface area (Å²) in [5, 5.41) is 0. The van der Waals surface area contributed by atoms with Gasteiger partial charge in [-0.15, -0.1) is 0 Å². The average molecular weight is 344 g/mol. The molecule has 0 heterocycles. The summed E-state index contributed by atoms with van der Waals surface area (Å²) in [7, 11) is 0. The first-order chi connectivity index (χ1) is 11.1. The summed E-state index contributed by atoms with van der Waals surface area (Å²) in [4.78, 5) is 22.8. The maximum absolute atomic E-state index is 13.5. The quantitative estimate of drug-likeness (QED) is 0.269. The van der Waals surface area contributed by atoms with E-state index in [-0.39, 0.29) is 12.0 Å². The van der Waals surface area contributed by atoms with Gasteiger partial charge in [-0.25, -0.2) is 17.6 Å². The van der Waals surface area contributed by atoms with Crippen molar-refractivity contribution in [3.8, 4) is 0 Å². The summed E-state index contributed by atoms with van der Waals surface area (Å²) in [6, 6.07) is 0.0863. The van der Waals surface area contributed by atoms with Crippen LogP contribution in [0.1, 0.15) is 26.3 Å². The topological polar surface area (TPSA) is 43.4 Å². The maximum atomic E-state index is 13.5. The Morgan fingerprint density at radius 3 is 2.25 bits per heavy atom. The highest BCUT2D eigenvalue weighted by atomic mass is 19.2. The number of esters is 1. The number of aldehydes is 1. The molecule has 0 saturated heterocycles. The molecule has 0 bridgehead atoms. The summed E-state index contributed by atoms with van der Waals surface area (Å²) in [5.74, 6) is -7.91. The number of halogens is 4. The van der Waals surface area contributed by atoms with Crippen LogP contribution in [0.2, 0.25) is 0 Å². The lowest BCUT2D eigenvalue weighted by molar-refractivity contribution is -0.147. The third-order valence-corrected chi connectivity index (χ3v) is 4.35. The minimum atomic E-state index is -1.59. The van der Waals surface area contributed by atoms with Crippen LogP contribution in [0.25, 0.3) is 0 Å². The van der Waals surface area contributed by atoms with Crippen LogP contribution in [0.3, 0.4) is 0 Å². The lowest BCUT2D eigenvalue weighted by atomic mass is 10.1. The van der Waals surface area contributed by atoms with Crippen molar-refractivity contribution in [2.24, 2.45) is 17.3 Å². The van der Waals surface area contributed by atoms with E-state index in [1.807, 2.05) is 0 Å². The molecule has 7 heteroatoms. The number of benzene rings is 1. The van der Waals surface area contributed by atoms with E-state index in [9.17, 15) is 27.2 Å². The molecule has 0 aromatic heterocycles. The molecular formula is C17H16F4O3. The molecule has 1 aliphatic rings. The van der Waals surface area contributed by atoms with E-state index in [4.69, 9.17) is 4.74 Å². The standard InChI is InChI=1S/C17H16F4O3/c1-8(6-22)4-10-13(17(10,2)3)16(23)24-7-9-14(20)11(18)5-12(19)15(9)21/h4-6,10,13H,7H2,1-3H3/b8-4-. The third-order valence-electron chi connectivity index (χ3n) is 4.35. The van der Waals surface area contributed by atoms with Crippen LogP contribution < -0.4 is 0 Å². The van der Waals surface area contributed by atoms with Gasteiger partial charge in [0.15, 0.2) is 23.3 Å². The van der Waals surface area contributed by atoms with E-state index >= 15 is 0 Å². The Kier molecular flexibility index (Phi) is 4.82. The van der Waals surface area contributed by atoms with Gasteiger partial charge in [0.1, 0.15) is 12.9 Å². The molecule has 2 unspecified atom stereocenters. The Labute approximate surface area is 136 Å². The fourth-order valence-electron chi connectivity index (χ4n) is 2.74. The molecule has 0 spiro atoms. The van der Waals surface area contributed by atoms with Gasteiger partial charge in [0, 0.05) is 6.07 Å². The first kappa shape index (κ1) is 18.2. The van der Waals surface area contributed by atoms with Crippen molar-refractivity contribution in [1.29, 1.82) is 0 Å². The molecular weight excluding hydrogens is 328 g/mol. The van der Waals surface area contributed by atoms with Gasteiger partial charge in [0.2, 0.25) is 0 Å². The second kappa shape index (κ2) is 6.37. The van der Waals surface area contributed by atoms with Crippen molar-refractivity contribution >= 4 is 12.3 Å². The third kappa shape index (κ3) is 3.20. The van der Waals surface area contributed by atoms with E-state index < -0.39 is 52.7 Å². The lowest BCUT2D eigenvalue weighted by Gasteiger charge is -2.09. The van der Waals surface area contributed by atoms with Crippen LogP contribution in [0.4, 0.5) is 17.6 Å². The molecule has 0 radical (unpaired) electrons. The van der Waals surface area contributed by atoms with Crippen molar-refractivity contribution in [2.75, 3.05) is 0 Å². The van der Waals surface area contributed by atoms with E-state index in [2.05, 4.69) is 0 Å². The maximum Gasteiger partial charge on any atom is 0.310 e. The van der Waals surface area contributed by atoms with Crippen LogP contribution >= 0.6 is 0 Å². The van der Waals surface area contributed by atoms with Crippen LogP contribution in [-0.2, 0) is 20.9 Å². The largest absolute Gasteiger partial charge is 0.460 e. The Bertz CT molecular complexity index is 699. The first-order valence-corrected chi connectivity index (χ1v) is 7.23. The summed E-state index contributed by atoms with van der Waals surface area (Å²) < 4.78 is 58.1. The first-order valence-electron chi connectivity index (χ1n) is 7.23. The van der Waals surface area contributed by atoms with E-state index in [1.165, 1.54) is 0 Å². The second-order valence-electron chi connectivity index (χ2n) is 6.41. The molecule has 1 aromatic rings. The van der Waals surface area contributed by atoms with Gasteiger partial charge in [-0.2, -0.15) is 0 Å². The SMILES string of the molecule is C/C(C=O)=C/C1C(C(=O)OCc2c(F)c(F)cc(F)c2F)C1(C)C. The fraction of sp³-hybridized carbons (Fsp3) is 0.412. The zero-order valence-electron chi connectivity index (χ0n) is 13.3. The lowest BCUT2D eigenvalue weighted by Crippen LogP contribution is -2.13. The van der Waals surface area contributed by atoms with E-state index in [1.54, 1.807) is 26.8 Å². The molecule has 1 fully saturated rings. The number of ether oxygens (including phenoxy) is 1. The summed E-state index contributed by atoms with van der Waals surface area (Å²) in [6.07, 6.45) is 2.28. The van der Waals surface area contributed by atoms with Crippen LogP contribution in [0.5, 0.6) is 0 Å². The van der Waals surface area contributed by atoms with Gasteiger partial charge >= 0.3 is 5.97 Å². The fourth-order valence-corrected chi connectivity index (χ4v) is 2.74. The smallest absolute Gasteiger partial charge is 0.310 e. The number of hydrogen-bond acceptors (Lipinski definition) is 3. The summed E-state index contributed by atoms with van der Waals surface area (Å²) >= 11 is 0. The average Bonchev–Trinajstić information content (AvgIpc) is 3.05. The minimum Gasteiger partial charge on any atom is -0.460 e. The minimum absolute atomic E-state index is 0.0863. The van der Waals surface area contributed by atoms with Gasteiger partial charge in [0.25, 0.3) is 0 Å². The number of carbonyl (C=O) groups is 2. The zero-order chi connectivity index (χ0) is 18.2. The zero-order valence-corrected chi connectivity index (χ0v) is 13.3. The molecule has 1 aromatic carbocycles. The van der Waals surface area contributed by atoms with Crippen molar-refractivity contribution < 1.29 is 31.9 Å². The van der Waals surface area contributed by atoms with Crippen molar-refractivity contribution in [1.82, 2.24) is 0 Å². The van der Waals surface area contributed by atoms with Gasteiger partial charge in [-0.3, -0.25) is 9.59 Å². The number of hydrogen-bond donors (Lipinski definition) is 0. The van der Waals surface area contributed by atoms with Crippen LogP contribution in [-0.4, -0.2) is 12.3 Å². The van der Waals surface area contributed by atoms with Gasteiger partial charge in [-0.05, 0) is 23.8 Å². The van der Waals surface area contributed by atoms with Crippen LogP contribution in [0, 0.1) is 40.5 Å².